The molecule has 0 spiro atoms. The van der Waals surface area contributed by atoms with Gasteiger partial charge in [-0.3, -0.25) is 4.79 Å². The van der Waals surface area contributed by atoms with Crippen molar-refractivity contribution < 1.29 is 106 Å². The average molecular weight is 2000 g/mol. The van der Waals surface area contributed by atoms with Gasteiger partial charge < -0.3 is 71.5 Å². The van der Waals surface area contributed by atoms with Crippen LogP contribution in [0.5, 0.6) is 147 Å². The number of benzene rings is 14. The number of carbonyl (C=O) groups is 2. The van der Waals surface area contributed by atoms with Gasteiger partial charge in [-0.05, 0) is 245 Å². The normalized spacial score (nSPS) is 10.5. The molecule has 0 saturated carbocycles. The van der Waals surface area contributed by atoms with Gasteiger partial charge in [-0.15, -0.1) is 59.8 Å². The second kappa shape index (κ2) is 47.3. The first-order chi connectivity index (χ1) is 65.2. The number of carbonyl (C=O) groups excluding carboxylic acids is 2. The van der Waals surface area contributed by atoms with E-state index in [1.165, 1.54) is 36.8 Å². The van der Waals surface area contributed by atoms with E-state index in [0.29, 0.717) is 74.7 Å². The van der Waals surface area contributed by atoms with Crippen molar-refractivity contribution in [3.63, 3.8) is 0 Å². The number of carboxylic acid groups (broad SMARTS) is 1. The Kier molecular flexibility index (Phi) is 33.3. The molecule has 0 fully saturated rings. The Hall–Kier alpha value is -15.9. The van der Waals surface area contributed by atoms with Crippen molar-refractivity contribution in [1.29, 1.82) is 0 Å². The summed E-state index contributed by atoms with van der Waals surface area (Å²) in [5, 5.41) is 10.9. The molecule has 18 rings (SSSR count). The van der Waals surface area contributed by atoms with Crippen molar-refractivity contribution in [3.8, 4) is 169 Å². The summed E-state index contributed by atoms with van der Waals surface area (Å²) in [6.07, 6.45) is 0. The molecule has 0 radical (unpaired) electrons. The first kappa shape index (κ1) is 95.2. The Morgan fingerprint density at radius 1 is 0.222 bits per heavy atom. The van der Waals surface area contributed by atoms with Crippen molar-refractivity contribution in [2.75, 3.05) is 0 Å². The summed E-state index contributed by atoms with van der Waals surface area (Å²) in [7, 11) is 0. The number of ether oxygens (including phenoxy) is 13. The van der Waals surface area contributed by atoms with E-state index in [9.17, 15) is 14.7 Å². The predicted molar refractivity (Wildman–Crippen MR) is 506 cm³/mol. The fraction of sp³-hybridized carbons (Fsp3) is 0.0485. The van der Waals surface area contributed by atoms with Crippen LogP contribution in [0.3, 0.4) is 0 Å². The second-order valence-electron chi connectivity index (χ2n) is 29.0. The van der Waals surface area contributed by atoms with Crippen molar-refractivity contribution >= 4 is 59.7 Å². The maximum absolute atomic E-state index is 11.2. The molecule has 135 heavy (non-hydrogen) atoms. The van der Waals surface area contributed by atoms with Gasteiger partial charge in [0.25, 0.3) is 0 Å². The first-order valence-corrected chi connectivity index (χ1v) is 43.3. The van der Waals surface area contributed by atoms with Crippen LogP contribution in [-0.4, -0.2) is 71.7 Å². The summed E-state index contributed by atoms with van der Waals surface area (Å²) in [6.45, 7) is 7.82. The van der Waals surface area contributed by atoms with Crippen LogP contribution in [0.1, 0.15) is 43.6 Å². The molecule has 664 valence electrons. The fourth-order valence-corrected chi connectivity index (χ4v) is 12.5. The summed E-state index contributed by atoms with van der Waals surface area (Å²) in [4.78, 5) is 73.2. The summed E-state index contributed by atoms with van der Waals surface area (Å²) in [6, 6.07) is 114. The molecule has 0 saturated heterocycles. The van der Waals surface area contributed by atoms with Crippen molar-refractivity contribution in [2.45, 2.75) is 33.1 Å². The average Bonchev–Trinajstić information content (AvgIpc) is 0.843. The zero-order valence-corrected chi connectivity index (χ0v) is 79.1. The van der Waals surface area contributed by atoms with E-state index in [-0.39, 0.29) is 113 Å². The number of aromatic carboxylic acids is 1. The van der Waals surface area contributed by atoms with Crippen LogP contribution >= 0.6 is 47.8 Å². The number of esters is 1. The van der Waals surface area contributed by atoms with E-state index >= 15 is 0 Å². The topological polar surface area (TPSA) is 332 Å². The van der Waals surface area contributed by atoms with Gasteiger partial charge in [-0.25, -0.2) is 0 Å². The number of rotatable bonds is 28. The quantitative estimate of drug-likeness (QED) is 0.0250. The number of hydrogen-bond donors (Lipinski definition) is 0. The molecule has 0 atom stereocenters. The summed E-state index contributed by atoms with van der Waals surface area (Å²) >= 11 is 10.2. The predicted octanol–water partition coefficient (Wildman–Crippen LogP) is 23.2. The zero-order chi connectivity index (χ0) is 92.8. The molecular formula is C103H74Br3N12NaO16. The van der Waals surface area contributed by atoms with Crippen LogP contribution in [0, 0.1) is 0 Å². The molecule has 14 aromatic carbocycles. The minimum atomic E-state index is -1.28. The smallest absolute Gasteiger partial charge is 0.545 e. The number of para-hydroxylation sites is 4. The van der Waals surface area contributed by atoms with Gasteiger partial charge in [-0.1, -0.05) is 238 Å². The molecule has 0 aliphatic heterocycles. The van der Waals surface area contributed by atoms with Gasteiger partial charge in [0.1, 0.15) is 74.7 Å². The SMILES string of the molecule is Brc1ccc(Oc2nc(Oc3ccc(Br)cc3)nc(Oc3ccc(Br)cc3)n2)cc1.CC(=O)Oc1ccc(Oc2nc(Oc3ccc(-c4ccccc4)cc3)nc(Oc3ccc(-c4ccccc4)cc3)n2)cc1.CC(C)(C)c1ccc(Oc2nc(Oc3ccccc3)nc(Oc3ccccc3)n2)cc1.O=C([O-])c1ccc(Oc2nc(Oc3ccccc3)nc(Oc3ccccc3)n2)cc1.[Na+]. The Morgan fingerprint density at radius 2 is 0.385 bits per heavy atom. The molecule has 0 amide bonds. The third-order valence-electron chi connectivity index (χ3n) is 18.0. The third kappa shape index (κ3) is 30.1. The van der Waals surface area contributed by atoms with Crippen molar-refractivity contribution in [1.82, 2.24) is 59.8 Å². The first-order valence-electron chi connectivity index (χ1n) is 40.9. The van der Waals surface area contributed by atoms with Crippen LogP contribution in [-0.2, 0) is 10.2 Å². The van der Waals surface area contributed by atoms with E-state index in [1.807, 2.05) is 267 Å². The Balaban J connectivity index is 0.000000146. The maximum Gasteiger partial charge on any atom is 1.00 e. The molecule has 28 nitrogen and oxygen atoms in total. The van der Waals surface area contributed by atoms with Crippen molar-refractivity contribution in [3.05, 3.63) is 401 Å². The fourth-order valence-electron chi connectivity index (χ4n) is 11.7. The summed E-state index contributed by atoms with van der Waals surface area (Å²) < 4.78 is 77.5. The minimum Gasteiger partial charge on any atom is -0.545 e. The van der Waals surface area contributed by atoms with Gasteiger partial charge in [0.05, 0.1) is 5.97 Å². The van der Waals surface area contributed by atoms with Gasteiger partial charge in [-0.2, -0.15) is 0 Å². The number of halogens is 3. The van der Waals surface area contributed by atoms with Gasteiger partial charge in [0, 0.05) is 20.3 Å². The largest absolute Gasteiger partial charge is 1.00 e. The monoisotopic (exact) mass is 1990 g/mol. The van der Waals surface area contributed by atoms with Crippen LogP contribution < -0.4 is 96.2 Å². The van der Waals surface area contributed by atoms with E-state index < -0.39 is 11.9 Å². The molecular weight excluding hydrogens is 1920 g/mol. The number of hydrogen-bond acceptors (Lipinski definition) is 28. The van der Waals surface area contributed by atoms with Crippen LogP contribution in [0.4, 0.5) is 0 Å². The second-order valence-corrected chi connectivity index (χ2v) is 31.8. The van der Waals surface area contributed by atoms with Gasteiger partial charge in [0.2, 0.25) is 0 Å². The van der Waals surface area contributed by atoms with Crippen LogP contribution in [0.25, 0.3) is 22.3 Å². The van der Waals surface area contributed by atoms with E-state index in [0.717, 1.165) is 35.7 Å². The zero-order valence-electron chi connectivity index (χ0n) is 72.3. The molecule has 32 heteroatoms. The standard InChI is InChI=1S/C35H25N3O5.C25H23N3O3.C22H15N3O5.C21H12Br3N3O3.Na/c1-24(39)40-29-20-22-32(23-21-29)43-35-37-33(41-30-16-12-27(13-17-30)25-8-4-2-5-9-25)36-34(38-35)42-31-18-14-28(15-19-31)26-10-6-3-7-11-26;1-25(2,3)18-14-16-21(17-15-18)31-24-27-22(29-19-10-6-4-7-11-19)26-23(28-24)30-20-12-8-5-9-13-20;26-19(27)15-11-13-18(14-12-15)30-22-24-20(28-16-7-3-1-4-8-16)23-21(25-22)29-17-9-5-2-6-10-17;22-13-1-7-16(8-2-13)28-19-25-20(29-17-9-3-14(23)4-10-17)27-21(26-19)30-18-11-5-15(24)6-12-18;/h2-23H,1H3;4-17H,1-3H3;1-14H,(H,26,27);1-12H;/q;;;;+1/p-1. The number of carboxylic acids is 1. The molecule has 4 aromatic heterocycles. The van der Waals surface area contributed by atoms with Crippen molar-refractivity contribution in [2.24, 2.45) is 0 Å². The molecule has 0 bridgehead atoms. The Labute approximate surface area is 821 Å². The molecule has 0 unspecified atom stereocenters. The maximum atomic E-state index is 11.2. The Bertz CT molecular complexity index is 6490. The van der Waals surface area contributed by atoms with Gasteiger partial charge in [0.15, 0.2) is 0 Å². The summed E-state index contributed by atoms with van der Waals surface area (Å²) in [5.74, 6) is 5.04. The molecule has 0 aliphatic rings. The molecule has 0 aliphatic carbocycles. The van der Waals surface area contributed by atoms with E-state index in [2.05, 4.69) is 128 Å². The summed E-state index contributed by atoms with van der Waals surface area (Å²) in [5.41, 5.74) is 5.58. The van der Waals surface area contributed by atoms with E-state index in [1.54, 1.807) is 84.9 Å². The van der Waals surface area contributed by atoms with Gasteiger partial charge >= 0.3 is 108 Å². The van der Waals surface area contributed by atoms with Crippen LogP contribution in [0.2, 0.25) is 0 Å². The molecule has 0 N–H and O–H groups in total. The Morgan fingerprint density at radius 3 is 0.585 bits per heavy atom. The minimum absolute atomic E-state index is 0. The molecule has 18 aromatic rings. The molecule has 4 heterocycles. The van der Waals surface area contributed by atoms with E-state index in [4.69, 9.17) is 61.6 Å². The van der Waals surface area contributed by atoms with Crippen LogP contribution in [0.15, 0.2) is 390 Å². The third-order valence-corrected chi connectivity index (χ3v) is 19.6. The number of nitrogens with zero attached hydrogens (tertiary/aromatic N) is 12. The number of aromatic nitrogens is 12.